The number of nitrogens with one attached hydrogen (secondary N) is 1. The van der Waals surface area contributed by atoms with E-state index in [0.717, 1.165) is 17.7 Å². The molecular weight excluding hydrogens is 508 g/mol. The van der Waals surface area contributed by atoms with Crippen LogP contribution >= 0.6 is 0 Å². The predicted octanol–water partition coefficient (Wildman–Crippen LogP) is 6.05. The molecule has 0 aliphatic rings. The van der Waals surface area contributed by atoms with Gasteiger partial charge < -0.3 is 24.3 Å². The number of nitrogens with zero attached hydrogens (tertiary/aromatic N) is 1. The van der Waals surface area contributed by atoms with Crippen molar-refractivity contribution in [1.29, 1.82) is 0 Å². The lowest BCUT2D eigenvalue weighted by Gasteiger charge is -2.30. The lowest BCUT2D eigenvalue weighted by Crippen LogP contribution is -2.39. The molecule has 1 amide bonds. The van der Waals surface area contributed by atoms with Crippen LogP contribution in [0.4, 0.5) is 5.69 Å². The molecule has 0 aliphatic heterocycles. The van der Waals surface area contributed by atoms with Gasteiger partial charge in [0.15, 0.2) is 11.5 Å². The summed E-state index contributed by atoms with van der Waals surface area (Å²) in [4.78, 5) is 26.6. The first kappa shape index (κ1) is 30.5. The summed E-state index contributed by atoms with van der Waals surface area (Å²) in [5, 5.41) is 2.95. The Hall–Kier alpha value is -4.04. The average Bonchev–Trinajstić information content (AvgIpc) is 2.95. The van der Waals surface area contributed by atoms with E-state index in [2.05, 4.69) is 42.6 Å². The molecule has 0 aromatic heterocycles. The molecule has 0 spiro atoms. The van der Waals surface area contributed by atoms with E-state index in [1.807, 2.05) is 36.4 Å². The summed E-state index contributed by atoms with van der Waals surface area (Å²) >= 11 is 0. The van der Waals surface area contributed by atoms with Gasteiger partial charge in [-0.05, 0) is 75.2 Å². The van der Waals surface area contributed by atoms with Crippen LogP contribution in [0.2, 0.25) is 0 Å². The van der Waals surface area contributed by atoms with Gasteiger partial charge in [-0.3, -0.25) is 14.5 Å². The highest BCUT2D eigenvalue weighted by Gasteiger charge is 2.15. The number of rotatable bonds is 14. The zero-order valence-electron chi connectivity index (χ0n) is 24.2. The Balaban J connectivity index is 1.63. The van der Waals surface area contributed by atoms with E-state index >= 15 is 0 Å². The zero-order valence-corrected chi connectivity index (χ0v) is 24.2. The maximum absolute atomic E-state index is 13.0. The van der Waals surface area contributed by atoms with Gasteiger partial charge in [0, 0.05) is 35.9 Å². The topological polar surface area (TPSA) is 86.3 Å². The number of amides is 1. The van der Waals surface area contributed by atoms with E-state index in [0.29, 0.717) is 47.2 Å². The Morgan fingerprint density at radius 3 is 2.17 bits per heavy atom. The molecule has 0 radical (unpaired) electrons. The summed E-state index contributed by atoms with van der Waals surface area (Å²) in [6, 6.07) is 21.1. The smallest absolute Gasteiger partial charge is 0.308 e. The summed E-state index contributed by atoms with van der Waals surface area (Å²) in [5.41, 5.74) is 3.02. The van der Waals surface area contributed by atoms with Gasteiger partial charge in [0.2, 0.25) is 0 Å². The molecule has 0 heterocycles. The molecule has 0 aliphatic carbocycles. The number of benzene rings is 3. The van der Waals surface area contributed by atoms with Crippen LogP contribution in [0.3, 0.4) is 0 Å². The monoisotopic (exact) mass is 548 g/mol. The zero-order chi connectivity index (χ0) is 29.1. The Morgan fingerprint density at radius 1 is 0.800 bits per heavy atom. The fraction of sp³-hybridized carbons (Fsp3) is 0.375. The van der Waals surface area contributed by atoms with Crippen LogP contribution in [-0.4, -0.2) is 62.8 Å². The Morgan fingerprint density at radius 2 is 1.52 bits per heavy atom. The van der Waals surface area contributed by atoms with Gasteiger partial charge in [0.1, 0.15) is 12.4 Å². The molecule has 8 nitrogen and oxygen atoms in total. The fourth-order valence-corrected chi connectivity index (χ4v) is 4.38. The second kappa shape index (κ2) is 14.9. The Bertz CT molecular complexity index is 1250. The maximum Gasteiger partial charge on any atom is 0.308 e. The number of hydrogen-bond donors (Lipinski definition) is 1. The van der Waals surface area contributed by atoms with Gasteiger partial charge in [-0.2, -0.15) is 0 Å². The van der Waals surface area contributed by atoms with Crippen LogP contribution in [0.25, 0.3) is 11.1 Å². The van der Waals surface area contributed by atoms with Gasteiger partial charge in [-0.25, -0.2) is 0 Å². The van der Waals surface area contributed by atoms with Crippen molar-refractivity contribution in [2.24, 2.45) is 0 Å². The molecular formula is C32H40N2O6. The largest absolute Gasteiger partial charge is 0.493 e. The summed E-state index contributed by atoms with van der Waals surface area (Å²) in [6.45, 7) is 10.2. The van der Waals surface area contributed by atoms with Crippen LogP contribution in [0.1, 0.15) is 44.5 Å². The number of carbonyl (C=O) groups is 2. The average molecular weight is 549 g/mol. The van der Waals surface area contributed by atoms with Crippen LogP contribution < -0.4 is 19.5 Å². The molecule has 40 heavy (non-hydrogen) atoms. The minimum atomic E-state index is -0.317. The quantitative estimate of drug-likeness (QED) is 0.245. The maximum atomic E-state index is 13.0. The van der Waals surface area contributed by atoms with E-state index in [1.54, 1.807) is 37.4 Å². The van der Waals surface area contributed by atoms with E-state index < -0.39 is 0 Å². The Labute approximate surface area is 237 Å². The summed E-state index contributed by atoms with van der Waals surface area (Å²) < 4.78 is 21.8. The van der Waals surface area contributed by atoms with Crippen molar-refractivity contribution in [3.05, 3.63) is 72.3 Å². The standard InChI is InChI=1S/C32H40N2O6/c1-22(2)34(23(3)4)17-19-40-30-21-27(14-15-29(30)37-5)33-32(36)25-12-10-24(11-13-25)26-8-7-9-28(20-26)39-18-16-31(35)38-6/h7-15,20-23H,16-19H2,1-6H3,(H,33,36). The number of ether oxygens (including phenoxy) is 4. The highest BCUT2D eigenvalue weighted by Crippen LogP contribution is 2.31. The minimum Gasteiger partial charge on any atom is -0.493 e. The lowest BCUT2D eigenvalue weighted by molar-refractivity contribution is -0.141. The SMILES string of the molecule is COC(=O)CCOc1cccc(-c2ccc(C(=O)Nc3ccc(OC)c(OCCN(C(C)C)C(C)C)c3)cc2)c1. The molecule has 8 heteroatoms. The van der Waals surface area contributed by atoms with E-state index in [-0.39, 0.29) is 24.9 Å². The normalized spacial score (nSPS) is 11.0. The highest BCUT2D eigenvalue weighted by atomic mass is 16.5. The first-order valence-corrected chi connectivity index (χ1v) is 13.5. The van der Waals surface area contributed by atoms with E-state index in [9.17, 15) is 9.59 Å². The second-order valence-corrected chi connectivity index (χ2v) is 9.87. The number of methoxy groups -OCH3 is 2. The highest BCUT2D eigenvalue weighted by molar-refractivity contribution is 6.04. The molecule has 0 saturated carbocycles. The molecule has 1 N–H and O–H groups in total. The third kappa shape index (κ3) is 8.74. The summed E-state index contributed by atoms with van der Waals surface area (Å²) in [6.07, 6.45) is 0.182. The molecule has 3 aromatic carbocycles. The van der Waals surface area contributed by atoms with Crippen molar-refractivity contribution in [3.8, 4) is 28.4 Å². The molecule has 0 atom stereocenters. The number of esters is 1. The first-order valence-electron chi connectivity index (χ1n) is 13.5. The van der Waals surface area contributed by atoms with E-state index in [4.69, 9.17) is 14.2 Å². The van der Waals surface area contributed by atoms with Gasteiger partial charge in [-0.15, -0.1) is 0 Å². The van der Waals surface area contributed by atoms with Gasteiger partial charge in [0.05, 0.1) is 27.2 Å². The molecule has 0 saturated heterocycles. The van der Waals surface area contributed by atoms with Gasteiger partial charge >= 0.3 is 5.97 Å². The third-order valence-corrected chi connectivity index (χ3v) is 6.47. The van der Waals surface area contributed by atoms with Crippen molar-refractivity contribution < 1.29 is 28.5 Å². The van der Waals surface area contributed by atoms with Crippen molar-refractivity contribution in [1.82, 2.24) is 4.90 Å². The molecule has 214 valence electrons. The van der Waals surface area contributed by atoms with E-state index in [1.165, 1.54) is 7.11 Å². The van der Waals surface area contributed by atoms with Gasteiger partial charge in [0.25, 0.3) is 5.91 Å². The van der Waals surface area contributed by atoms with Crippen LogP contribution in [0.15, 0.2) is 66.7 Å². The molecule has 3 rings (SSSR count). The third-order valence-electron chi connectivity index (χ3n) is 6.47. The van der Waals surface area contributed by atoms with Crippen molar-refractivity contribution >= 4 is 17.6 Å². The summed E-state index contributed by atoms with van der Waals surface area (Å²) in [7, 11) is 2.95. The summed E-state index contributed by atoms with van der Waals surface area (Å²) in [5.74, 6) is 1.30. The molecule has 0 unspecified atom stereocenters. The molecule has 3 aromatic rings. The molecule has 0 fully saturated rings. The fourth-order valence-electron chi connectivity index (χ4n) is 4.38. The van der Waals surface area contributed by atoms with Crippen LogP contribution in [0.5, 0.6) is 17.2 Å². The van der Waals surface area contributed by atoms with Crippen molar-refractivity contribution in [2.45, 2.75) is 46.2 Å². The van der Waals surface area contributed by atoms with Crippen LogP contribution in [0, 0.1) is 0 Å². The van der Waals surface area contributed by atoms with Gasteiger partial charge in [-0.1, -0.05) is 24.3 Å². The first-order chi connectivity index (χ1) is 19.2. The van der Waals surface area contributed by atoms with Crippen molar-refractivity contribution in [2.75, 3.05) is 39.3 Å². The molecule has 0 bridgehead atoms. The van der Waals surface area contributed by atoms with Crippen molar-refractivity contribution in [3.63, 3.8) is 0 Å². The Kier molecular flexibility index (Phi) is 11.4. The minimum absolute atomic E-state index is 0.182. The van der Waals surface area contributed by atoms with Crippen LogP contribution in [-0.2, 0) is 9.53 Å². The predicted molar refractivity (Wildman–Crippen MR) is 157 cm³/mol. The number of hydrogen-bond acceptors (Lipinski definition) is 7. The number of carbonyl (C=O) groups excluding carboxylic acids is 2. The second-order valence-electron chi connectivity index (χ2n) is 9.87. The lowest BCUT2D eigenvalue weighted by atomic mass is 10.0. The number of anilines is 1.